The summed E-state index contributed by atoms with van der Waals surface area (Å²) in [6, 6.07) is 7.76. The number of nitrogens with zero attached hydrogens (tertiary/aromatic N) is 2. The average Bonchev–Trinajstić information content (AvgIpc) is 2.61. The van der Waals surface area contributed by atoms with E-state index in [1.54, 1.807) is 0 Å². The van der Waals surface area contributed by atoms with Gasteiger partial charge in [-0.2, -0.15) is 5.26 Å². The Kier molecular flexibility index (Phi) is 2.88. The summed E-state index contributed by atoms with van der Waals surface area (Å²) in [6.07, 6.45) is 0.449. The van der Waals surface area contributed by atoms with Gasteiger partial charge in [-0.1, -0.05) is 21.1 Å². The lowest BCUT2D eigenvalue weighted by Crippen LogP contribution is -2.00. The third-order valence-electron chi connectivity index (χ3n) is 1.96. The van der Waals surface area contributed by atoms with Crippen LogP contribution in [0.2, 0.25) is 0 Å². The van der Waals surface area contributed by atoms with E-state index >= 15 is 0 Å². The van der Waals surface area contributed by atoms with Crippen LogP contribution in [0.1, 0.15) is 6.42 Å². The van der Waals surface area contributed by atoms with E-state index in [-0.39, 0.29) is 0 Å². The van der Waals surface area contributed by atoms with Gasteiger partial charge in [-0.15, -0.1) is 0 Å². The molecule has 0 atom stereocenters. The highest BCUT2D eigenvalue weighted by atomic mass is 79.9. The topological polar surface area (TPSA) is 61.9 Å². The van der Waals surface area contributed by atoms with Crippen LogP contribution in [0.3, 0.4) is 0 Å². The zero-order valence-electron chi connectivity index (χ0n) is 7.83. The Morgan fingerprint density at radius 3 is 3.20 bits per heavy atom. The van der Waals surface area contributed by atoms with Crippen molar-refractivity contribution >= 4 is 32.7 Å². The summed E-state index contributed by atoms with van der Waals surface area (Å²) < 4.78 is 6.09. The Morgan fingerprint density at radius 2 is 2.40 bits per heavy atom. The summed E-state index contributed by atoms with van der Waals surface area (Å²) in [5.74, 6) is 0.688. The Balaban J connectivity index is 2.26. The molecule has 0 aliphatic heterocycles. The minimum atomic E-state index is 0.449. The first-order valence-corrected chi connectivity index (χ1v) is 5.26. The van der Waals surface area contributed by atoms with Gasteiger partial charge >= 0.3 is 0 Å². The van der Waals surface area contributed by atoms with Gasteiger partial charge in [0, 0.05) is 11.0 Å². The fourth-order valence-corrected chi connectivity index (χ4v) is 1.62. The number of hydrogen-bond donors (Lipinski definition) is 1. The summed E-state index contributed by atoms with van der Waals surface area (Å²) in [5, 5.41) is 16.3. The second-order valence-corrected chi connectivity index (χ2v) is 3.92. The summed E-state index contributed by atoms with van der Waals surface area (Å²) >= 11 is 3.35. The quantitative estimate of drug-likeness (QED) is 0.867. The Bertz CT molecular complexity index is 515. The molecule has 0 unspecified atom stereocenters. The zero-order valence-corrected chi connectivity index (χ0v) is 9.41. The van der Waals surface area contributed by atoms with E-state index in [2.05, 4.69) is 32.5 Å². The first-order chi connectivity index (χ1) is 7.31. The van der Waals surface area contributed by atoms with Crippen LogP contribution in [0, 0.1) is 11.3 Å². The smallest absolute Gasteiger partial charge is 0.177 e. The highest BCUT2D eigenvalue weighted by Crippen LogP contribution is 2.25. The van der Waals surface area contributed by atoms with Gasteiger partial charge in [0.25, 0.3) is 0 Å². The molecular formula is C10H8BrN3O. The molecule has 15 heavy (non-hydrogen) atoms. The van der Waals surface area contributed by atoms with Crippen LogP contribution in [-0.4, -0.2) is 11.7 Å². The van der Waals surface area contributed by atoms with Crippen molar-refractivity contribution in [3.8, 4) is 6.07 Å². The van der Waals surface area contributed by atoms with Crippen molar-refractivity contribution in [2.24, 2.45) is 0 Å². The van der Waals surface area contributed by atoms with E-state index in [1.165, 1.54) is 0 Å². The second-order valence-electron chi connectivity index (χ2n) is 3.01. The summed E-state index contributed by atoms with van der Waals surface area (Å²) in [7, 11) is 0. The molecular weight excluding hydrogens is 258 g/mol. The van der Waals surface area contributed by atoms with Crippen LogP contribution in [0.25, 0.3) is 11.0 Å². The van der Waals surface area contributed by atoms with Gasteiger partial charge in [0.15, 0.2) is 11.4 Å². The molecule has 0 saturated heterocycles. The molecule has 0 aliphatic carbocycles. The zero-order chi connectivity index (χ0) is 10.7. The second kappa shape index (κ2) is 4.32. The molecule has 4 nitrogen and oxygen atoms in total. The predicted octanol–water partition coefficient (Wildman–Crippen LogP) is 2.92. The molecule has 0 radical (unpaired) electrons. The summed E-state index contributed by atoms with van der Waals surface area (Å²) in [5.41, 5.74) is 0.726. The Hall–Kier alpha value is -1.54. The normalized spacial score (nSPS) is 10.1. The fourth-order valence-electron chi connectivity index (χ4n) is 1.28. The third-order valence-corrected chi connectivity index (χ3v) is 2.46. The first-order valence-electron chi connectivity index (χ1n) is 4.47. The van der Waals surface area contributed by atoms with Gasteiger partial charge in [0.2, 0.25) is 0 Å². The van der Waals surface area contributed by atoms with Gasteiger partial charge in [-0.05, 0) is 18.2 Å². The molecule has 1 heterocycles. The van der Waals surface area contributed by atoms with Crippen LogP contribution in [0.4, 0.5) is 5.82 Å². The number of benzene rings is 1. The van der Waals surface area contributed by atoms with Crippen molar-refractivity contribution in [3.05, 3.63) is 22.7 Å². The highest BCUT2D eigenvalue weighted by molar-refractivity contribution is 9.10. The van der Waals surface area contributed by atoms with Crippen LogP contribution in [0.5, 0.6) is 0 Å². The molecule has 1 N–H and O–H groups in total. The fraction of sp³-hybridized carbons (Fsp3) is 0.200. The molecule has 1 aromatic heterocycles. The van der Waals surface area contributed by atoms with Crippen molar-refractivity contribution < 1.29 is 4.52 Å². The van der Waals surface area contributed by atoms with E-state index < -0.39 is 0 Å². The summed E-state index contributed by atoms with van der Waals surface area (Å²) in [6.45, 7) is 0.578. The van der Waals surface area contributed by atoms with E-state index in [4.69, 9.17) is 9.78 Å². The number of hydrogen-bond acceptors (Lipinski definition) is 4. The van der Waals surface area contributed by atoms with E-state index in [0.29, 0.717) is 18.8 Å². The average molecular weight is 266 g/mol. The van der Waals surface area contributed by atoms with E-state index in [0.717, 1.165) is 15.4 Å². The van der Waals surface area contributed by atoms with Gasteiger partial charge in [-0.3, -0.25) is 0 Å². The first kappa shape index (κ1) is 9.99. The molecule has 0 saturated carbocycles. The number of fused-ring (bicyclic) bond motifs is 1. The SMILES string of the molecule is N#CCCNc1noc2cc(Br)ccc12. The lowest BCUT2D eigenvalue weighted by atomic mass is 10.2. The molecule has 2 rings (SSSR count). The lowest BCUT2D eigenvalue weighted by molar-refractivity contribution is 0.459. The number of nitrogens with one attached hydrogen (secondary N) is 1. The minimum Gasteiger partial charge on any atom is -0.366 e. The van der Waals surface area contributed by atoms with Crippen LogP contribution >= 0.6 is 15.9 Å². The van der Waals surface area contributed by atoms with E-state index in [9.17, 15) is 0 Å². The van der Waals surface area contributed by atoms with Crippen LogP contribution < -0.4 is 5.32 Å². The van der Waals surface area contributed by atoms with E-state index in [1.807, 2.05) is 18.2 Å². The predicted molar refractivity (Wildman–Crippen MR) is 60.4 cm³/mol. The maximum atomic E-state index is 8.40. The number of halogens is 1. The third kappa shape index (κ3) is 2.10. The largest absolute Gasteiger partial charge is 0.366 e. The molecule has 76 valence electrons. The van der Waals surface area contributed by atoms with Crippen molar-refractivity contribution in [2.75, 3.05) is 11.9 Å². The molecule has 0 fully saturated rings. The van der Waals surface area contributed by atoms with Crippen molar-refractivity contribution in [1.29, 1.82) is 5.26 Å². The lowest BCUT2D eigenvalue weighted by Gasteiger charge is -1.97. The minimum absolute atomic E-state index is 0.449. The van der Waals surface area contributed by atoms with Crippen molar-refractivity contribution in [3.63, 3.8) is 0 Å². The maximum Gasteiger partial charge on any atom is 0.177 e. The van der Waals surface area contributed by atoms with Crippen molar-refractivity contribution in [1.82, 2.24) is 5.16 Å². The van der Waals surface area contributed by atoms with Gasteiger partial charge < -0.3 is 9.84 Å². The highest BCUT2D eigenvalue weighted by Gasteiger charge is 2.06. The van der Waals surface area contributed by atoms with Gasteiger partial charge in [0.1, 0.15) is 0 Å². The monoisotopic (exact) mass is 265 g/mol. The number of aromatic nitrogens is 1. The molecule has 0 spiro atoms. The van der Waals surface area contributed by atoms with Crippen LogP contribution in [0.15, 0.2) is 27.2 Å². The summed E-state index contributed by atoms with van der Waals surface area (Å²) in [4.78, 5) is 0. The number of rotatable bonds is 3. The molecule has 1 aromatic carbocycles. The molecule has 0 aliphatic rings. The molecule has 0 amide bonds. The van der Waals surface area contributed by atoms with Crippen molar-refractivity contribution in [2.45, 2.75) is 6.42 Å². The number of anilines is 1. The molecule has 2 aromatic rings. The standard InChI is InChI=1S/C10H8BrN3O/c11-7-2-3-8-9(6-7)15-14-10(8)13-5-1-4-12/h2-3,6H,1,5H2,(H,13,14). The van der Waals surface area contributed by atoms with Gasteiger partial charge in [0.05, 0.1) is 17.9 Å². The Morgan fingerprint density at radius 1 is 1.53 bits per heavy atom. The van der Waals surface area contributed by atoms with Crippen LogP contribution in [-0.2, 0) is 0 Å². The Labute approximate surface area is 95.0 Å². The molecule has 0 bridgehead atoms. The molecule has 5 heteroatoms. The number of nitriles is 1. The van der Waals surface area contributed by atoms with Gasteiger partial charge in [-0.25, -0.2) is 0 Å². The maximum absolute atomic E-state index is 8.40.